The maximum Gasteiger partial charge on any atom is 0.239 e. The molecule has 2 heterocycles. The van der Waals surface area contributed by atoms with Gasteiger partial charge in [-0.1, -0.05) is 11.8 Å². The van der Waals surface area contributed by atoms with Gasteiger partial charge in [-0.15, -0.1) is 11.3 Å². The number of likely N-dealkylation sites (N-methyl/N-ethyl adjacent to an activating group) is 2. The molecule has 0 fully saturated rings. The highest BCUT2D eigenvalue weighted by Crippen LogP contribution is 2.39. The molecule has 0 saturated heterocycles. The first-order valence-electron chi connectivity index (χ1n) is 9.06. The van der Waals surface area contributed by atoms with Crippen LogP contribution in [0, 0.1) is 0 Å². The normalized spacial score (nSPS) is 13.5. The van der Waals surface area contributed by atoms with Gasteiger partial charge in [-0.3, -0.25) is 9.59 Å². The van der Waals surface area contributed by atoms with E-state index in [1.54, 1.807) is 22.6 Å². The first kappa shape index (κ1) is 19.1. The molecule has 3 rings (SSSR count). The van der Waals surface area contributed by atoms with E-state index in [0.29, 0.717) is 13.1 Å². The van der Waals surface area contributed by atoms with Crippen LogP contribution in [-0.2, 0) is 22.4 Å². The van der Waals surface area contributed by atoms with Crippen molar-refractivity contribution in [3.05, 3.63) is 16.8 Å². The molecule has 140 valence electrons. The highest BCUT2D eigenvalue weighted by molar-refractivity contribution is 8.00. The molecule has 0 unspecified atom stereocenters. The van der Waals surface area contributed by atoms with Gasteiger partial charge in [-0.2, -0.15) is 0 Å². The molecule has 2 aromatic heterocycles. The highest BCUT2D eigenvalue weighted by atomic mass is 32.2. The minimum absolute atomic E-state index is 0.0420. The fourth-order valence-corrected chi connectivity index (χ4v) is 5.42. The standard InChI is InChI=1S/C18H24N4O2S2/c1-3-19-14(23)9-22(4-2)15(24)10-25-17-16-12-7-5-6-8-13(12)26-18(16)21-11-20-17/h11H,3-10H2,1-2H3,(H,19,23). The number of aromatic nitrogens is 2. The summed E-state index contributed by atoms with van der Waals surface area (Å²) in [5.74, 6) is 0.118. The number of fused-ring (bicyclic) bond motifs is 3. The van der Waals surface area contributed by atoms with Crippen LogP contribution in [0.1, 0.15) is 37.1 Å². The number of carbonyl (C=O) groups excluding carboxylic acids is 2. The van der Waals surface area contributed by atoms with Crippen LogP contribution in [0.15, 0.2) is 11.4 Å². The van der Waals surface area contributed by atoms with Crippen molar-refractivity contribution in [2.75, 3.05) is 25.4 Å². The van der Waals surface area contributed by atoms with Crippen LogP contribution in [0.4, 0.5) is 0 Å². The monoisotopic (exact) mass is 392 g/mol. The molecule has 0 atom stereocenters. The summed E-state index contributed by atoms with van der Waals surface area (Å²) < 4.78 is 0. The van der Waals surface area contributed by atoms with E-state index in [4.69, 9.17) is 0 Å². The topological polar surface area (TPSA) is 75.2 Å². The summed E-state index contributed by atoms with van der Waals surface area (Å²) in [6.07, 6.45) is 6.22. The third-order valence-corrected chi connectivity index (χ3v) is 6.67. The van der Waals surface area contributed by atoms with Crippen molar-refractivity contribution in [1.29, 1.82) is 0 Å². The van der Waals surface area contributed by atoms with Crippen LogP contribution in [0.2, 0.25) is 0 Å². The zero-order valence-electron chi connectivity index (χ0n) is 15.2. The van der Waals surface area contributed by atoms with E-state index in [-0.39, 0.29) is 24.1 Å². The third kappa shape index (κ3) is 4.17. The van der Waals surface area contributed by atoms with Crippen molar-refractivity contribution in [3.63, 3.8) is 0 Å². The Bertz CT molecular complexity index is 806. The van der Waals surface area contributed by atoms with Gasteiger partial charge in [-0.25, -0.2) is 9.97 Å². The molecule has 6 nitrogen and oxygen atoms in total. The second kappa shape index (κ2) is 8.81. The molecule has 26 heavy (non-hydrogen) atoms. The first-order valence-corrected chi connectivity index (χ1v) is 10.9. The fourth-order valence-electron chi connectivity index (χ4n) is 3.19. The number of nitrogens with one attached hydrogen (secondary N) is 1. The molecule has 0 aromatic carbocycles. The fraction of sp³-hybridized carbons (Fsp3) is 0.556. The van der Waals surface area contributed by atoms with Gasteiger partial charge in [0, 0.05) is 23.4 Å². The molecule has 0 spiro atoms. The van der Waals surface area contributed by atoms with Crippen LogP contribution >= 0.6 is 23.1 Å². The summed E-state index contributed by atoms with van der Waals surface area (Å²) in [5.41, 5.74) is 1.38. The smallest absolute Gasteiger partial charge is 0.239 e. The minimum Gasteiger partial charge on any atom is -0.355 e. The van der Waals surface area contributed by atoms with E-state index in [2.05, 4.69) is 15.3 Å². The quantitative estimate of drug-likeness (QED) is 0.579. The highest BCUT2D eigenvalue weighted by Gasteiger charge is 2.21. The van der Waals surface area contributed by atoms with Crippen molar-refractivity contribution in [1.82, 2.24) is 20.2 Å². The largest absolute Gasteiger partial charge is 0.355 e. The third-order valence-electron chi connectivity index (χ3n) is 4.49. The van der Waals surface area contributed by atoms with Crippen molar-refractivity contribution in [3.8, 4) is 0 Å². The Morgan fingerprint density at radius 3 is 2.85 bits per heavy atom. The molecule has 8 heteroatoms. The molecular formula is C18H24N4O2S2. The minimum atomic E-state index is -0.121. The second-order valence-electron chi connectivity index (χ2n) is 6.22. The predicted octanol–water partition coefficient (Wildman–Crippen LogP) is 2.65. The lowest BCUT2D eigenvalue weighted by atomic mass is 9.97. The van der Waals surface area contributed by atoms with Crippen LogP contribution in [0.5, 0.6) is 0 Å². The van der Waals surface area contributed by atoms with Crippen molar-refractivity contribution < 1.29 is 9.59 Å². The summed E-state index contributed by atoms with van der Waals surface area (Å²) in [7, 11) is 0. The van der Waals surface area contributed by atoms with E-state index in [0.717, 1.165) is 28.1 Å². The predicted molar refractivity (Wildman–Crippen MR) is 106 cm³/mol. The SMILES string of the molecule is CCNC(=O)CN(CC)C(=O)CSc1ncnc2sc3c(c12)CCCC3. The molecule has 0 saturated carbocycles. The average Bonchev–Trinajstić information content (AvgIpc) is 3.03. The number of rotatable bonds is 7. The van der Waals surface area contributed by atoms with Gasteiger partial charge in [0.2, 0.25) is 11.8 Å². The Labute approximate surface area is 161 Å². The number of carbonyl (C=O) groups is 2. The van der Waals surface area contributed by atoms with Crippen molar-refractivity contribution in [2.45, 2.75) is 44.6 Å². The van der Waals surface area contributed by atoms with Crippen molar-refractivity contribution in [2.24, 2.45) is 0 Å². The molecule has 1 aliphatic carbocycles. The van der Waals surface area contributed by atoms with Crippen LogP contribution < -0.4 is 5.32 Å². The lowest BCUT2D eigenvalue weighted by Gasteiger charge is -2.20. The second-order valence-corrected chi connectivity index (χ2v) is 8.27. The molecule has 0 radical (unpaired) electrons. The molecule has 1 N–H and O–H groups in total. The lowest BCUT2D eigenvalue weighted by Crippen LogP contribution is -2.41. The van der Waals surface area contributed by atoms with Gasteiger partial charge in [0.05, 0.1) is 12.3 Å². The van der Waals surface area contributed by atoms with Crippen LogP contribution in [-0.4, -0.2) is 52.1 Å². The van der Waals surface area contributed by atoms with Crippen LogP contribution in [0.25, 0.3) is 10.2 Å². The number of hydrogen-bond acceptors (Lipinski definition) is 6. The molecular weight excluding hydrogens is 368 g/mol. The van der Waals surface area contributed by atoms with Crippen LogP contribution in [0.3, 0.4) is 0 Å². The molecule has 2 aromatic rings. The Kier molecular flexibility index (Phi) is 6.48. The molecule has 0 bridgehead atoms. The number of aryl methyl sites for hydroxylation is 2. The van der Waals surface area contributed by atoms with Gasteiger partial charge >= 0.3 is 0 Å². The number of hydrogen-bond donors (Lipinski definition) is 1. The van der Waals surface area contributed by atoms with E-state index in [1.165, 1.54) is 35.0 Å². The Balaban J connectivity index is 1.72. The Morgan fingerprint density at radius 2 is 2.08 bits per heavy atom. The van der Waals surface area contributed by atoms with Gasteiger partial charge < -0.3 is 10.2 Å². The first-order chi connectivity index (χ1) is 12.6. The summed E-state index contributed by atoms with van der Waals surface area (Å²) >= 11 is 3.21. The van der Waals surface area contributed by atoms with Gasteiger partial charge in [0.1, 0.15) is 16.2 Å². The summed E-state index contributed by atoms with van der Waals surface area (Å²) in [5, 5.41) is 4.76. The zero-order chi connectivity index (χ0) is 18.5. The van der Waals surface area contributed by atoms with E-state index in [9.17, 15) is 9.59 Å². The zero-order valence-corrected chi connectivity index (χ0v) is 16.8. The van der Waals surface area contributed by atoms with Gasteiger partial charge in [-0.05, 0) is 45.1 Å². The van der Waals surface area contributed by atoms with E-state index in [1.807, 2.05) is 13.8 Å². The number of thioether (sulfide) groups is 1. The number of amides is 2. The molecule has 2 amide bonds. The number of nitrogens with zero attached hydrogens (tertiary/aromatic N) is 3. The van der Waals surface area contributed by atoms with Crippen molar-refractivity contribution >= 4 is 45.1 Å². The summed E-state index contributed by atoms with van der Waals surface area (Å²) in [6, 6.07) is 0. The summed E-state index contributed by atoms with van der Waals surface area (Å²) in [4.78, 5) is 37.2. The van der Waals surface area contributed by atoms with Gasteiger partial charge in [0.25, 0.3) is 0 Å². The maximum absolute atomic E-state index is 12.5. The molecule has 1 aliphatic rings. The number of thiophene rings is 1. The average molecular weight is 393 g/mol. The Hall–Kier alpha value is -1.67. The maximum atomic E-state index is 12.5. The van der Waals surface area contributed by atoms with E-state index >= 15 is 0 Å². The van der Waals surface area contributed by atoms with E-state index < -0.39 is 0 Å². The lowest BCUT2D eigenvalue weighted by molar-refractivity contribution is -0.133. The summed E-state index contributed by atoms with van der Waals surface area (Å²) in [6.45, 7) is 4.95. The molecule has 0 aliphatic heterocycles. The van der Waals surface area contributed by atoms with Gasteiger partial charge in [0.15, 0.2) is 0 Å². The Morgan fingerprint density at radius 1 is 1.27 bits per heavy atom.